The van der Waals surface area contributed by atoms with Gasteiger partial charge in [0.25, 0.3) is 5.91 Å². The molecule has 6 nitrogen and oxygen atoms in total. The largest absolute Gasteiger partial charge is 0.480 e. The van der Waals surface area contributed by atoms with Crippen LogP contribution >= 0.6 is 0 Å². The summed E-state index contributed by atoms with van der Waals surface area (Å²) in [7, 11) is -3.45. The third-order valence-electron chi connectivity index (χ3n) is 4.18. The van der Waals surface area contributed by atoms with E-state index in [1.165, 1.54) is 12.1 Å². The average molecular weight is 339 g/mol. The number of hydrogen-bond acceptors (Lipinski definition) is 4. The van der Waals surface area contributed by atoms with Gasteiger partial charge in [-0.2, -0.15) is 0 Å². The molecule has 0 bridgehead atoms. The maximum Gasteiger partial charge on any atom is 0.326 e. The van der Waals surface area contributed by atoms with Crippen LogP contribution in [0.1, 0.15) is 40.7 Å². The highest BCUT2D eigenvalue weighted by atomic mass is 32.2. The Morgan fingerprint density at radius 1 is 1.30 bits per heavy atom. The molecule has 1 saturated carbocycles. The molecule has 1 aliphatic rings. The number of benzene rings is 1. The predicted octanol–water partition coefficient (Wildman–Crippen LogP) is 1.69. The van der Waals surface area contributed by atoms with Crippen LogP contribution in [0.25, 0.3) is 0 Å². The highest BCUT2D eigenvalue weighted by molar-refractivity contribution is 7.90. The Labute approximate surface area is 135 Å². The van der Waals surface area contributed by atoms with Crippen molar-refractivity contribution in [3.8, 4) is 0 Å². The molecule has 1 fully saturated rings. The minimum absolute atomic E-state index is 0.0554. The molecule has 23 heavy (non-hydrogen) atoms. The molecule has 1 amide bonds. The molecule has 0 aromatic heterocycles. The molecule has 0 saturated heterocycles. The fourth-order valence-corrected chi connectivity index (χ4v) is 3.14. The summed E-state index contributed by atoms with van der Waals surface area (Å²) in [6.07, 6.45) is 3.46. The number of carbonyl (C=O) groups excluding carboxylic acids is 1. The first-order chi connectivity index (χ1) is 10.6. The second kappa shape index (κ2) is 6.31. The molecule has 1 unspecified atom stereocenters. The van der Waals surface area contributed by atoms with E-state index < -0.39 is 27.8 Å². The Kier molecular flexibility index (Phi) is 4.79. The van der Waals surface area contributed by atoms with Gasteiger partial charge in [0.2, 0.25) is 0 Å². The molecule has 7 heteroatoms. The standard InChI is InChI=1S/C16H21NO5S/c1-9-6-12(23(3,21)22)8-13(10(9)2)15(18)17-14(16(19)20)7-11-4-5-11/h6,8,11,14H,4-5,7H2,1-3H3,(H,17,18)(H,19,20). The third kappa shape index (κ3) is 4.31. The number of amides is 1. The molecule has 0 spiro atoms. The summed E-state index contributed by atoms with van der Waals surface area (Å²) in [5, 5.41) is 11.8. The van der Waals surface area contributed by atoms with Crippen LogP contribution in [-0.2, 0) is 14.6 Å². The summed E-state index contributed by atoms with van der Waals surface area (Å²) < 4.78 is 23.5. The summed E-state index contributed by atoms with van der Waals surface area (Å²) >= 11 is 0. The molecule has 1 aromatic carbocycles. The number of carboxylic acids is 1. The number of rotatable bonds is 6. The molecule has 0 heterocycles. The van der Waals surface area contributed by atoms with Crippen LogP contribution in [0.15, 0.2) is 17.0 Å². The second-order valence-corrected chi connectivity index (χ2v) is 8.24. The maximum atomic E-state index is 12.4. The fraction of sp³-hybridized carbons (Fsp3) is 0.500. The zero-order chi connectivity index (χ0) is 17.4. The molecule has 1 aliphatic carbocycles. The Balaban J connectivity index is 2.30. The van der Waals surface area contributed by atoms with E-state index in [1.54, 1.807) is 13.8 Å². The van der Waals surface area contributed by atoms with Crippen molar-refractivity contribution in [1.82, 2.24) is 5.32 Å². The first-order valence-electron chi connectivity index (χ1n) is 7.44. The Morgan fingerprint density at radius 2 is 1.91 bits per heavy atom. The van der Waals surface area contributed by atoms with E-state index in [1.807, 2.05) is 0 Å². The maximum absolute atomic E-state index is 12.4. The molecular formula is C16H21NO5S. The Hall–Kier alpha value is -1.89. The zero-order valence-corrected chi connectivity index (χ0v) is 14.2. The molecule has 126 valence electrons. The van der Waals surface area contributed by atoms with Crippen molar-refractivity contribution in [2.24, 2.45) is 5.92 Å². The number of hydrogen-bond donors (Lipinski definition) is 2. The minimum Gasteiger partial charge on any atom is -0.480 e. The van der Waals surface area contributed by atoms with E-state index in [0.717, 1.165) is 19.1 Å². The Bertz CT molecular complexity index is 750. The van der Waals surface area contributed by atoms with Crippen LogP contribution in [-0.4, -0.2) is 37.7 Å². The lowest BCUT2D eigenvalue weighted by Crippen LogP contribution is -2.41. The van der Waals surface area contributed by atoms with Gasteiger partial charge in [-0.1, -0.05) is 12.8 Å². The van der Waals surface area contributed by atoms with Gasteiger partial charge in [0.15, 0.2) is 9.84 Å². The monoisotopic (exact) mass is 339 g/mol. The van der Waals surface area contributed by atoms with Crippen LogP contribution in [0.3, 0.4) is 0 Å². The summed E-state index contributed by atoms with van der Waals surface area (Å²) in [6.45, 7) is 3.44. The minimum atomic E-state index is -3.45. The Morgan fingerprint density at radius 3 is 2.39 bits per heavy atom. The molecule has 1 atom stereocenters. The van der Waals surface area contributed by atoms with Crippen molar-refractivity contribution in [2.75, 3.05) is 6.26 Å². The zero-order valence-electron chi connectivity index (χ0n) is 13.4. The highest BCUT2D eigenvalue weighted by Gasteiger charge is 2.31. The van der Waals surface area contributed by atoms with Crippen LogP contribution in [0.5, 0.6) is 0 Å². The van der Waals surface area contributed by atoms with E-state index in [0.29, 0.717) is 23.5 Å². The topological polar surface area (TPSA) is 101 Å². The molecule has 2 rings (SSSR count). The van der Waals surface area contributed by atoms with E-state index in [4.69, 9.17) is 0 Å². The van der Waals surface area contributed by atoms with Crippen molar-refractivity contribution in [1.29, 1.82) is 0 Å². The smallest absolute Gasteiger partial charge is 0.326 e. The van der Waals surface area contributed by atoms with E-state index >= 15 is 0 Å². The molecular weight excluding hydrogens is 318 g/mol. The number of sulfone groups is 1. The lowest BCUT2D eigenvalue weighted by Gasteiger charge is -2.16. The highest BCUT2D eigenvalue weighted by Crippen LogP contribution is 2.33. The van der Waals surface area contributed by atoms with Gasteiger partial charge in [-0.25, -0.2) is 13.2 Å². The van der Waals surface area contributed by atoms with Gasteiger partial charge >= 0.3 is 5.97 Å². The van der Waals surface area contributed by atoms with Crippen molar-refractivity contribution in [2.45, 2.75) is 44.0 Å². The average Bonchev–Trinajstić information content (AvgIpc) is 3.23. The quantitative estimate of drug-likeness (QED) is 0.821. The van der Waals surface area contributed by atoms with Gasteiger partial charge in [0.1, 0.15) is 6.04 Å². The van der Waals surface area contributed by atoms with E-state index in [9.17, 15) is 23.1 Å². The van der Waals surface area contributed by atoms with Crippen molar-refractivity contribution < 1.29 is 23.1 Å². The van der Waals surface area contributed by atoms with Crippen molar-refractivity contribution in [3.63, 3.8) is 0 Å². The van der Waals surface area contributed by atoms with Crippen LogP contribution in [0.4, 0.5) is 0 Å². The van der Waals surface area contributed by atoms with Gasteiger partial charge in [-0.05, 0) is 49.4 Å². The number of carboxylic acid groups (broad SMARTS) is 1. The molecule has 0 radical (unpaired) electrons. The first-order valence-corrected chi connectivity index (χ1v) is 9.33. The summed E-state index contributed by atoms with van der Waals surface area (Å²) in [5.74, 6) is -1.27. The predicted molar refractivity (Wildman–Crippen MR) is 85.3 cm³/mol. The van der Waals surface area contributed by atoms with E-state index in [-0.39, 0.29) is 10.5 Å². The second-order valence-electron chi connectivity index (χ2n) is 6.23. The lowest BCUT2D eigenvalue weighted by atomic mass is 10.0. The van der Waals surface area contributed by atoms with Crippen LogP contribution < -0.4 is 5.32 Å². The van der Waals surface area contributed by atoms with Gasteiger partial charge < -0.3 is 10.4 Å². The third-order valence-corrected chi connectivity index (χ3v) is 5.28. The van der Waals surface area contributed by atoms with E-state index in [2.05, 4.69) is 5.32 Å². The number of aryl methyl sites for hydroxylation is 1. The summed E-state index contributed by atoms with van der Waals surface area (Å²) in [4.78, 5) is 23.8. The van der Waals surface area contributed by atoms with Crippen molar-refractivity contribution in [3.05, 3.63) is 28.8 Å². The number of carbonyl (C=O) groups is 2. The molecule has 0 aliphatic heterocycles. The molecule has 1 aromatic rings. The first kappa shape index (κ1) is 17.5. The normalized spacial score (nSPS) is 16.0. The van der Waals surface area contributed by atoms with Gasteiger partial charge in [0, 0.05) is 11.8 Å². The van der Waals surface area contributed by atoms with Gasteiger partial charge in [-0.15, -0.1) is 0 Å². The summed E-state index contributed by atoms with van der Waals surface area (Å²) in [5.41, 5.74) is 1.52. The lowest BCUT2D eigenvalue weighted by molar-refractivity contribution is -0.139. The van der Waals surface area contributed by atoms with Crippen LogP contribution in [0.2, 0.25) is 0 Å². The van der Waals surface area contributed by atoms with Crippen molar-refractivity contribution >= 4 is 21.7 Å². The number of nitrogens with one attached hydrogen (secondary N) is 1. The number of aliphatic carboxylic acids is 1. The fourth-order valence-electron chi connectivity index (χ4n) is 2.42. The SMILES string of the molecule is Cc1cc(S(C)(=O)=O)cc(C(=O)NC(CC2CC2)C(=O)O)c1C. The van der Waals surface area contributed by atoms with Gasteiger partial charge in [0.05, 0.1) is 4.90 Å². The van der Waals surface area contributed by atoms with Gasteiger partial charge in [-0.3, -0.25) is 4.79 Å². The molecule has 2 N–H and O–H groups in total. The summed E-state index contributed by atoms with van der Waals surface area (Å²) in [6, 6.07) is 1.88. The van der Waals surface area contributed by atoms with Crippen LogP contribution in [0, 0.1) is 19.8 Å².